The van der Waals surface area contributed by atoms with E-state index in [4.69, 9.17) is 10.7 Å². The van der Waals surface area contributed by atoms with Crippen LogP contribution in [0.2, 0.25) is 0 Å². The fourth-order valence-electron chi connectivity index (χ4n) is 1.67. The fourth-order valence-corrected chi connectivity index (χ4v) is 2.60. The molecule has 0 saturated carbocycles. The second-order valence-corrected chi connectivity index (χ2v) is 6.76. The second-order valence-electron chi connectivity index (χ2n) is 4.23. The predicted octanol–water partition coefficient (Wildman–Crippen LogP) is 2.14. The highest BCUT2D eigenvalue weighted by Gasteiger charge is 2.29. The van der Waals surface area contributed by atoms with E-state index < -0.39 is 36.3 Å². The molecule has 1 rings (SSSR count). The molecule has 1 amide bonds. The summed E-state index contributed by atoms with van der Waals surface area (Å²) in [5, 5.41) is 10.8. The van der Waals surface area contributed by atoms with Gasteiger partial charge < -0.3 is 4.90 Å². The summed E-state index contributed by atoms with van der Waals surface area (Å²) < 4.78 is 36.3. The van der Waals surface area contributed by atoms with Crippen molar-refractivity contribution in [3.63, 3.8) is 0 Å². The summed E-state index contributed by atoms with van der Waals surface area (Å²) in [4.78, 5) is 21.8. The van der Waals surface area contributed by atoms with Gasteiger partial charge in [-0.15, -0.1) is 0 Å². The van der Waals surface area contributed by atoms with E-state index in [0.717, 1.165) is 0 Å². The normalized spacial score (nSPS) is 11.2. The van der Waals surface area contributed by atoms with Crippen LogP contribution in [0.5, 0.6) is 0 Å². The maximum atomic E-state index is 13.8. The number of hydrogen-bond donors (Lipinski definition) is 0. The molecule has 116 valence electrons. The van der Waals surface area contributed by atoms with Crippen LogP contribution < -0.4 is 0 Å². The molecule has 0 heterocycles. The molecule has 0 aromatic heterocycles. The second kappa shape index (κ2) is 6.35. The van der Waals surface area contributed by atoms with Crippen LogP contribution in [0.4, 0.5) is 10.1 Å². The van der Waals surface area contributed by atoms with Crippen LogP contribution in [-0.2, 0) is 9.05 Å². The van der Waals surface area contributed by atoms with E-state index in [0.29, 0.717) is 25.1 Å². The molecule has 21 heavy (non-hydrogen) atoms. The van der Waals surface area contributed by atoms with Crippen LogP contribution in [0.1, 0.15) is 23.7 Å². The van der Waals surface area contributed by atoms with Gasteiger partial charge in [0.2, 0.25) is 5.82 Å². The van der Waals surface area contributed by atoms with Crippen molar-refractivity contribution in [2.45, 2.75) is 18.2 Å². The SMILES string of the molecule is CCCN(C)C(=O)c1cc([N+](=O)[O-])c(F)c(S(=O)(=O)Cl)c1. The van der Waals surface area contributed by atoms with E-state index in [-0.39, 0.29) is 5.56 Å². The van der Waals surface area contributed by atoms with Crippen molar-refractivity contribution in [2.75, 3.05) is 13.6 Å². The van der Waals surface area contributed by atoms with Crippen LogP contribution in [0.3, 0.4) is 0 Å². The number of carbonyl (C=O) groups is 1. The Balaban J connectivity index is 3.52. The van der Waals surface area contributed by atoms with Gasteiger partial charge in [-0.25, -0.2) is 8.42 Å². The zero-order chi connectivity index (χ0) is 16.4. The number of nitrogens with zero attached hydrogens (tertiary/aromatic N) is 2. The first kappa shape index (κ1) is 17.3. The van der Waals surface area contributed by atoms with Gasteiger partial charge >= 0.3 is 5.69 Å². The molecule has 0 spiro atoms. The highest BCUT2D eigenvalue weighted by Crippen LogP contribution is 2.29. The van der Waals surface area contributed by atoms with Crippen molar-refractivity contribution < 1.29 is 22.5 Å². The van der Waals surface area contributed by atoms with E-state index >= 15 is 0 Å². The number of nitro benzene ring substituents is 1. The summed E-state index contributed by atoms with van der Waals surface area (Å²) in [6.07, 6.45) is 0.631. The number of halogens is 2. The van der Waals surface area contributed by atoms with Crippen molar-refractivity contribution >= 4 is 31.3 Å². The molecule has 10 heteroatoms. The van der Waals surface area contributed by atoms with E-state index in [2.05, 4.69) is 0 Å². The molecule has 0 N–H and O–H groups in total. The maximum Gasteiger partial charge on any atom is 0.307 e. The summed E-state index contributed by atoms with van der Waals surface area (Å²) >= 11 is 0. The zero-order valence-electron chi connectivity index (χ0n) is 11.2. The fraction of sp³-hybridized carbons (Fsp3) is 0.364. The predicted molar refractivity (Wildman–Crippen MR) is 73.3 cm³/mol. The molecule has 0 atom stereocenters. The van der Waals surface area contributed by atoms with Gasteiger partial charge in [-0.2, -0.15) is 4.39 Å². The van der Waals surface area contributed by atoms with Gasteiger partial charge in [0, 0.05) is 35.9 Å². The molecule has 0 fully saturated rings. The minimum atomic E-state index is -4.56. The van der Waals surface area contributed by atoms with Crippen molar-refractivity contribution in [1.82, 2.24) is 4.90 Å². The molecule has 0 aliphatic heterocycles. The molecule has 0 saturated heterocycles. The largest absolute Gasteiger partial charge is 0.342 e. The first-order valence-electron chi connectivity index (χ1n) is 5.77. The van der Waals surface area contributed by atoms with Crippen molar-refractivity contribution in [3.05, 3.63) is 33.6 Å². The van der Waals surface area contributed by atoms with Gasteiger partial charge in [0.25, 0.3) is 15.0 Å². The van der Waals surface area contributed by atoms with Crippen LogP contribution in [-0.4, -0.2) is 37.7 Å². The maximum absolute atomic E-state index is 13.8. The Bertz CT molecular complexity index is 692. The average Bonchev–Trinajstić information content (AvgIpc) is 2.36. The topological polar surface area (TPSA) is 97.6 Å². The highest BCUT2D eigenvalue weighted by molar-refractivity contribution is 8.13. The Kier molecular flexibility index (Phi) is 5.24. The molecule has 0 aliphatic carbocycles. The molecular formula is C11H12ClFN2O5S. The van der Waals surface area contributed by atoms with Crippen LogP contribution in [0.15, 0.2) is 17.0 Å². The first-order chi connectivity index (χ1) is 9.59. The van der Waals surface area contributed by atoms with Crippen LogP contribution in [0, 0.1) is 15.9 Å². The Morgan fingerprint density at radius 2 is 2.05 bits per heavy atom. The van der Waals surface area contributed by atoms with Gasteiger partial charge in [-0.3, -0.25) is 14.9 Å². The van der Waals surface area contributed by atoms with E-state index in [9.17, 15) is 27.7 Å². The Morgan fingerprint density at radius 3 is 2.48 bits per heavy atom. The van der Waals surface area contributed by atoms with Gasteiger partial charge in [0.1, 0.15) is 4.90 Å². The quantitative estimate of drug-likeness (QED) is 0.465. The lowest BCUT2D eigenvalue weighted by Crippen LogP contribution is -2.27. The summed E-state index contributed by atoms with van der Waals surface area (Å²) in [6, 6.07) is 1.38. The number of benzene rings is 1. The first-order valence-corrected chi connectivity index (χ1v) is 8.08. The Labute approximate surface area is 124 Å². The van der Waals surface area contributed by atoms with Crippen molar-refractivity contribution in [3.8, 4) is 0 Å². The lowest BCUT2D eigenvalue weighted by molar-refractivity contribution is -0.387. The molecular weight excluding hydrogens is 327 g/mol. The smallest absolute Gasteiger partial charge is 0.307 e. The molecule has 1 aromatic rings. The van der Waals surface area contributed by atoms with E-state index in [1.165, 1.54) is 11.9 Å². The molecule has 0 radical (unpaired) electrons. The number of amides is 1. The number of rotatable bonds is 5. The number of nitro groups is 1. The van der Waals surface area contributed by atoms with Crippen LogP contribution >= 0.6 is 10.7 Å². The summed E-state index contributed by atoms with van der Waals surface area (Å²) in [5.41, 5.74) is -1.44. The monoisotopic (exact) mass is 338 g/mol. The molecule has 0 unspecified atom stereocenters. The Hall–Kier alpha value is -1.74. The van der Waals surface area contributed by atoms with Crippen molar-refractivity contribution in [1.29, 1.82) is 0 Å². The standard InChI is InChI=1S/C11H12ClFN2O5S/c1-3-4-14(2)11(16)7-5-8(15(17)18)10(13)9(6-7)21(12,19)20/h5-6H,3-4H2,1-2H3. The Morgan fingerprint density at radius 1 is 1.48 bits per heavy atom. The summed E-state index contributed by atoms with van der Waals surface area (Å²) in [5.74, 6) is -2.26. The lowest BCUT2D eigenvalue weighted by atomic mass is 10.1. The third kappa shape index (κ3) is 3.88. The zero-order valence-corrected chi connectivity index (χ0v) is 12.7. The molecule has 0 bridgehead atoms. The minimum Gasteiger partial charge on any atom is -0.342 e. The number of carbonyl (C=O) groups excluding carboxylic acids is 1. The van der Waals surface area contributed by atoms with E-state index in [1.54, 1.807) is 0 Å². The van der Waals surface area contributed by atoms with Crippen molar-refractivity contribution in [2.24, 2.45) is 0 Å². The average molecular weight is 339 g/mol. The van der Waals surface area contributed by atoms with Gasteiger partial charge in [0.05, 0.1) is 4.92 Å². The summed E-state index contributed by atoms with van der Waals surface area (Å²) in [6.45, 7) is 2.17. The third-order valence-corrected chi connectivity index (χ3v) is 3.95. The highest BCUT2D eigenvalue weighted by atomic mass is 35.7. The lowest BCUT2D eigenvalue weighted by Gasteiger charge is -2.16. The van der Waals surface area contributed by atoms with Crippen LogP contribution in [0.25, 0.3) is 0 Å². The summed E-state index contributed by atoms with van der Waals surface area (Å²) in [7, 11) is 1.92. The van der Waals surface area contributed by atoms with Gasteiger partial charge in [-0.05, 0) is 12.5 Å². The third-order valence-electron chi connectivity index (χ3n) is 2.63. The van der Waals surface area contributed by atoms with E-state index in [1.807, 2.05) is 6.92 Å². The number of hydrogen-bond acceptors (Lipinski definition) is 5. The molecule has 1 aromatic carbocycles. The minimum absolute atomic E-state index is 0.321. The molecule has 0 aliphatic rings. The molecule has 7 nitrogen and oxygen atoms in total. The van der Waals surface area contributed by atoms with Gasteiger partial charge in [0.15, 0.2) is 0 Å². The van der Waals surface area contributed by atoms with Gasteiger partial charge in [-0.1, -0.05) is 6.92 Å².